The van der Waals surface area contributed by atoms with Gasteiger partial charge in [0.1, 0.15) is 0 Å². The van der Waals surface area contributed by atoms with Crippen LogP contribution in [0.3, 0.4) is 0 Å². The smallest absolute Gasteiger partial charge is 0.307 e. The van der Waals surface area contributed by atoms with E-state index in [-0.39, 0.29) is 5.97 Å². The molecule has 3 rings (SSSR count). The van der Waals surface area contributed by atoms with Gasteiger partial charge >= 0.3 is 5.97 Å². The molecule has 2 nitrogen and oxygen atoms in total. The number of rotatable bonds is 6. The Kier molecular flexibility index (Phi) is 5.30. The van der Waals surface area contributed by atoms with E-state index in [2.05, 4.69) is 0 Å². The van der Waals surface area contributed by atoms with E-state index in [1.165, 1.54) is 0 Å². The van der Waals surface area contributed by atoms with E-state index in [0.717, 1.165) is 23.1 Å². The molecule has 0 saturated heterocycles. The van der Waals surface area contributed by atoms with Crippen LogP contribution in [-0.2, 0) is 15.1 Å². The number of carbonyl (C=O) groups excluding carboxylic acids is 1. The Morgan fingerprint density at radius 1 is 0.720 bits per heavy atom. The van der Waals surface area contributed by atoms with Gasteiger partial charge in [-0.05, 0) is 6.42 Å². The van der Waals surface area contributed by atoms with E-state index >= 15 is 0 Å². The molecule has 0 fully saturated rings. The Bertz CT molecular complexity index is 699. The summed E-state index contributed by atoms with van der Waals surface area (Å²) in [6.07, 6.45) is 1.15. The molecule has 3 aromatic carbocycles. The van der Waals surface area contributed by atoms with Crippen molar-refractivity contribution in [3.05, 3.63) is 108 Å². The topological polar surface area (TPSA) is 26.3 Å². The minimum atomic E-state index is -0.948. The van der Waals surface area contributed by atoms with Crippen LogP contribution >= 0.6 is 0 Å². The zero-order valence-electron chi connectivity index (χ0n) is 14.4. The molecule has 126 valence electrons. The molecule has 0 saturated carbocycles. The number of hydrogen-bond donors (Lipinski definition) is 0. The molecule has 0 amide bonds. The summed E-state index contributed by atoms with van der Waals surface area (Å²) in [5.41, 5.74) is 1.88. The van der Waals surface area contributed by atoms with Crippen molar-refractivity contribution in [2.75, 3.05) is 0 Å². The van der Waals surface area contributed by atoms with E-state index < -0.39 is 5.60 Å². The lowest BCUT2D eigenvalue weighted by molar-refractivity contribution is -0.153. The van der Waals surface area contributed by atoms with Gasteiger partial charge in [0.2, 0.25) is 0 Å². The highest BCUT2D eigenvalue weighted by atomic mass is 16.6. The van der Waals surface area contributed by atoms with Crippen LogP contribution in [0.5, 0.6) is 0 Å². The second-order valence-electron chi connectivity index (χ2n) is 6.00. The van der Waals surface area contributed by atoms with Crippen LogP contribution < -0.4 is 0 Å². The summed E-state index contributed by atoms with van der Waals surface area (Å²) in [6, 6.07) is 29.8. The third-order valence-corrected chi connectivity index (χ3v) is 4.26. The molecule has 25 heavy (non-hydrogen) atoms. The lowest BCUT2D eigenvalue weighted by Gasteiger charge is -2.35. The van der Waals surface area contributed by atoms with E-state index in [1.54, 1.807) is 0 Å². The minimum Gasteiger partial charge on any atom is -0.444 e. The maximum Gasteiger partial charge on any atom is 0.307 e. The fraction of sp³-hybridized carbons (Fsp3) is 0.174. The normalized spacial score (nSPS) is 11.1. The molecule has 0 spiro atoms. The average Bonchev–Trinajstić information content (AvgIpc) is 2.68. The van der Waals surface area contributed by atoms with Gasteiger partial charge in [0.05, 0.1) is 0 Å². The van der Waals surface area contributed by atoms with Gasteiger partial charge in [0, 0.05) is 23.1 Å². The molecule has 0 atom stereocenters. The first kappa shape index (κ1) is 17.0. The minimum absolute atomic E-state index is 0.195. The molecule has 2 heteroatoms. The van der Waals surface area contributed by atoms with Crippen LogP contribution in [0.2, 0.25) is 0 Å². The summed E-state index contributed by atoms with van der Waals surface area (Å²) >= 11 is 0. The summed E-state index contributed by atoms with van der Waals surface area (Å²) < 4.78 is 6.20. The molecule has 0 aliphatic carbocycles. The highest BCUT2D eigenvalue weighted by Gasteiger charge is 2.40. The first-order valence-electron chi connectivity index (χ1n) is 8.66. The molecule has 0 aliphatic rings. The van der Waals surface area contributed by atoms with Crippen molar-refractivity contribution >= 4 is 5.97 Å². The zero-order chi connectivity index (χ0) is 17.5. The summed E-state index contributed by atoms with van der Waals surface area (Å²) in [7, 11) is 0. The average molecular weight is 330 g/mol. The summed E-state index contributed by atoms with van der Waals surface area (Å²) in [6.45, 7) is 1.98. The van der Waals surface area contributed by atoms with E-state index in [4.69, 9.17) is 4.74 Å². The van der Waals surface area contributed by atoms with Gasteiger partial charge in [-0.1, -0.05) is 97.9 Å². The summed E-state index contributed by atoms with van der Waals surface area (Å²) in [4.78, 5) is 12.6. The molecule has 0 aliphatic heterocycles. The number of ether oxygens (including phenoxy) is 1. The monoisotopic (exact) mass is 330 g/mol. The van der Waals surface area contributed by atoms with Gasteiger partial charge in [-0.15, -0.1) is 0 Å². The van der Waals surface area contributed by atoms with Crippen molar-refractivity contribution < 1.29 is 9.53 Å². The van der Waals surface area contributed by atoms with Crippen molar-refractivity contribution in [3.8, 4) is 0 Å². The highest BCUT2D eigenvalue weighted by Crippen LogP contribution is 2.40. The zero-order valence-corrected chi connectivity index (χ0v) is 14.4. The summed E-state index contributed by atoms with van der Waals surface area (Å²) in [5.74, 6) is -0.195. The molecule has 0 aromatic heterocycles. The number of hydrogen-bond acceptors (Lipinski definition) is 2. The largest absolute Gasteiger partial charge is 0.444 e. The van der Waals surface area contributed by atoms with Crippen LogP contribution in [0.4, 0.5) is 0 Å². The second kappa shape index (κ2) is 7.80. The lowest BCUT2D eigenvalue weighted by atomic mass is 9.80. The fourth-order valence-corrected chi connectivity index (χ4v) is 3.12. The molecule has 0 unspecified atom stereocenters. The standard InChI is InChI=1S/C23H22O2/c1-2-12-22(24)25-23(19-13-6-3-7-14-19,20-15-8-4-9-16-20)21-17-10-5-11-18-21/h3-11,13-18H,2,12H2,1H3. The first-order chi connectivity index (χ1) is 12.3. The van der Waals surface area contributed by atoms with Crippen molar-refractivity contribution in [2.45, 2.75) is 25.4 Å². The maximum atomic E-state index is 12.6. The van der Waals surface area contributed by atoms with Crippen molar-refractivity contribution in [1.29, 1.82) is 0 Å². The Morgan fingerprint density at radius 3 is 1.40 bits per heavy atom. The third-order valence-electron chi connectivity index (χ3n) is 4.26. The van der Waals surface area contributed by atoms with E-state index in [1.807, 2.05) is 97.9 Å². The summed E-state index contributed by atoms with van der Waals surface area (Å²) in [5, 5.41) is 0. The maximum absolute atomic E-state index is 12.6. The number of esters is 1. The van der Waals surface area contributed by atoms with Gasteiger partial charge < -0.3 is 4.74 Å². The molecule has 0 N–H and O–H groups in total. The van der Waals surface area contributed by atoms with Gasteiger partial charge in [0.25, 0.3) is 0 Å². The Morgan fingerprint density at radius 2 is 1.08 bits per heavy atom. The molecule has 0 heterocycles. The van der Waals surface area contributed by atoms with E-state index in [9.17, 15) is 4.79 Å². The Labute approximate surface area is 149 Å². The quantitative estimate of drug-likeness (QED) is 0.451. The molecule has 0 bridgehead atoms. The van der Waals surface area contributed by atoms with Crippen LogP contribution in [0.15, 0.2) is 91.0 Å². The second-order valence-corrected chi connectivity index (χ2v) is 6.00. The van der Waals surface area contributed by atoms with Gasteiger partial charge in [-0.3, -0.25) is 4.79 Å². The lowest BCUT2D eigenvalue weighted by Crippen LogP contribution is -2.35. The number of benzene rings is 3. The van der Waals surface area contributed by atoms with Crippen LogP contribution in [-0.4, -0.2) is 5.97 Å². The number of carbonyl (C=O) groups is 1. The van der Waals surface area contributed by atoms with Crippen LogP contribution in [0.1, 0.15) is 36.5 Å². The highest BCUT2D eigenvalue weighted by molar-refractivity contribution is 5.71. The SMILES string of the molecule is CCCC(=O)OC(c1ccccc1)(c1ccccc1)c1ccccc1. The van der Waals surface area contributed by atoms with E-state index in [0.29, 0.717) is 6.42 Å². The van der Waals surface area contributed by atoms with Crippen LogP contribution in [0, 0.1) is 0 Å². The molecular formula is C23H22O2. The van der Waals surface area contributed by atoms with Crippen LogP contribution in [0.25, 0.3) is 0 Å². The molecular weight excluding hydrogens is 308 g/mol. The Hall–Kier alpha value is -2.87. The van der Waals surface area contributed by atoms with Gasteiger partial charge in [-0.25, -0.2) is 0 Å². The van der Waals surface area contributed by atoms with Crippen molar-refractivity contribution in [1.82, 2.24) is 0 Å². The van der Waals surface area contributed by atoms with Crippen molar-refractivity contribution in [2.24, 2.45) is 0 Å². The predicted octanol–water partition coefficient (Wildman–Crippen LogP) is 5.32. The van der Waals surface area contributed by atoms with Gasteiger partial charge in [-0.2, -0.15) is 0 Å². The van der Waals surface area contributed by atoms with Gasteiger partial charge in [0.15, 0.2) is 5.60 Å². The predicted molar refractivity (Wildman–Crippen MR) is 100 cm³/mol. The third kappa shape index (κ3) is 3.48. The first-order valence-corrected chi connectivity index (χ1v) is 8.66. The molecule has 3 aromatic rings. The fourth-order valence-electron chi connectivity index (χ4n) is 3.12. The molecule has 0 radical (unpaired) electrons. The Balaban J connectivity index is 2.26. The van der Waals surface area contributed by atoms with Crippen molar-refractivity contribution in [3.63, 3.8) is 0 Å².